The summed E-state index contributed by atoms with van der Waals surface area (Å²) in [7, 11) is 0. The maximum absolute atomic E-state index is 12.0. The molecule has 0 bridgehead atoms. The number of carbonyl (C=O) groups excluding carboxylic acids is 1. The van der Waals surface area contributed by atoms with Crippen LogP contribution in [-0.2, 0) is 4.79 Å². The van der Waals surface area contributed by atoms with Crippen LogP contribution in [0.1, 0.15) is 36.8 Å². The SMILES string of the molecule is Cc1cccc(Nc2nnc(SCC(=O)Nc3nnc(C(C)C)o3)s2)c1C. The second kappa shape index (κ2) is 8.49. The number of rotatable bonds is 7. The Hall–Kier alpha value is -2.46. The smallest absolute Gasteiger partial charge is 0.322 e. The Morgan fingerprint density at radius 2 is 2.04 bits per heavy atom. The van der Waals surface area contributed by atoms with Gasteiger partial charge in [0.15, 0.2) is 4.34 Å². The van der Waals surface area contributed by atoms with Gasteiger partial charge in [-0.2, -0.15) is 0 Å². The highest BCUT2D eigenvalue weighted by Gasteiger charge is 2.14. The minimum atomic E-state index is -0.238. The van der Waals surface area contributed by atoms with Crippen LogP contribution in [0.25, 0.3) is 0 Å². The first-order valence-electron chi connectivity index (χ1n) is 8.35. The van der Waals surface area contributed by atoms with Crippen LogP contribution in [0, 0.1) is 13.8 Å². The van der Waals surface area contributed by atoms with Crippen molar-refractivity contribution in [1.82, 2.24) is 20.4 Å². The maximum atomic E-state index is 12.0. The lowest BCUT2D eigenvalue weighted by Crippen LogP contribution is -2.14. The first-order valence-corrected chi connectivity index (χ1v) is 10.2. The van der Waals surface area contributed by atoms with E-state index in [2.05, 4.69) is 50.9 Å². The Morgan fingerprint density at radius 3 is 2.78 bits per heavy atom. The number of aromatic nitrogens is 4. The second-order valence-electron chi connectivity index (χ2n) is 6.18. The van der Waals surface area contributed by atoms with Gasteiger partial charge in [-0.3, -0.25) is 10.1 Å². The van der Waals surface area contributed by atoms with Gasteiger partial charge in [0.1, 0.15) is 0 Å². The highest BCUT2D eigenvalue weighted by Crippen LogP contribution is 2.29. The number of benzene rings is 1. The third kappa shape index (κ3) is 5.04. The zero-order chi connectivity index (χ0) is 19.4. The number of anilines is 3. The Kier molecular flexibility index (Phi) is 6.07. The molecule has 3 rings (SSSR count). The Bertz CT molecular complexity index is 937. The second-order valence-corrected chi connectivity index (χ2v) is 8.38. The fourth-order valence-electron chi connectivity index (χ4n) is 2.12. The van der Waals surface area contributed by atoms with E-state index in [0.29, 0.717) is 15.4 Å². The Morgan fingerprint density at radius 1 is 1.22 bits per heavy atom. The molecule has 0 saturated carbocycles. The van der Waals surface area contributed by atoms with Crippen LogP contribution in [0.2, 0.25) is 0 Å². The molecule has 0 aliphatic heterocycles. The van der Waals surface area contributed by atoms with E-state index in [1.807, 2.05) is 26.0 Å². The van der Waals surface area contributed by atoms with Gasteiger partial charge in [0.25, 0.3) is 0 Å². The average Bonchev–Trinajstić information content (AvgIpc) is 3.27. The lowest BCUT2D eigenvalue weighted by molar-refractivity contribution is -0.113. The molecule has 2 N–H and O–H groups in total. The summed E-state index contributed by atoms with van der Waals surface area (Å²) < 4.78 is 6.06. The molecule has 0 fully saturated rings. The highest BCUT2D eigenvalue weighted by atomic mass is 32.2. The van der Waals surface area contributed by atoms with Gasteiger partial charge in [-0.15, -0.1) is 15.3 Å². The van der Waals surface area contributed by atoms with Crippen LogP contribution in [-0.4, -0.2) is 32.1 Å². The van der Waals surface area contributed by atoms with Crippen molar-refractivity contribution in [2.75, 3.05) is 16.4 Å². The lowest BCUT2D eigenvalue weighted by Gasteiger charge is -2.08. The normalized spacial score (nSPS) is 11.0. The summed E-state index contributed by atoms with van der Waals surface area (Å²) in [5.74, 6) is 0.543. The zero-order valence-electron chi connectivity index (χ0n) is 15.4. The molecule has 142 valence electrons. The number of hydrogen-bond donors (Lipinski definition) is 2. The van der Waals surface area contributed by atoms with E-state index < -0.39 is 0 Å². The monoisotopic (exact) mass is 404 g/mol. The number of nitrogens with zero attached hydrogens (tertiary/aromatic N) is 4. The largest absolute Gasteiger partial charge is 0.408 e. The molecule has 1 amide bonds. The van der Waals surface area contributed by atoms with Gasteiger partial charge in [0.05, 0.1) is 5.75 Å². The van der Waals surface area contributed by atoms with Crippen LogP contribution in [0.15, 0.2) is 27.0 Å². The zero-order valence-corrected chi connectivity index (χ0v) is 17.1. The van der Waals surface area contributed by atoms with Crippen LogP contribution in [0.4, 0.5) is 16.8 Å². The molecule has 0 aliphatic rings. The van der Waals surface area contributed by atoms with Crippen molar-refractivity contribution in [3.63, 3.8) is 0 Å². The molecular formula is C17H20N6O2S2. The van der Waals surface area contributed by atoms with Gasteiger partial charge in [0.2, 0.25) is 16.9 Å². The Balaban J connectivity index is 1.53. The molecule has 0 spiro atoms. The lowest BCUT2D eigenvalue weighted by atomic mass is 10.1. The molecule has 0 unspecified atom stereocenters. The van der Waals surface area contributed by atoms with Gasteiger partial charge in [0, 0.05) is 11.6 Å². The number of aryl methyl sites for hydroxylation is 1. The van der Waals surface area contributed by atoms with Gasteiger partial charge in [-0.25, -0.2) is 0 Å². The summed E-state index contributed by atoms with van der Waals surface area (Å²) in [6.45, 7) is 8.00. The average molecular weight is 405 g/mol. The number of amides is 1. The third-order valence-corrected chi connectivity index (χ3v) is 5.73. The summed E-state index contributed by atoms with van der Waals surface area (Å²) in [6, 6.07) is 6.17. The topological polar surface area (TPSA) is 106 Å². The first kappa shape index (κ1) is 19.3. The molecule has 27 heavy (non-hydrogen) atoms. The van der Waals surface area contributed by atoms with E-state index in [1.165, 1.54) is 34.2 Å². The van der Waals surface area contributed by atoms with Crippen LogP contribution >= 0.6 is 23.1 Å². The van der Waals surface area contributed by atoms with Gasteiger partial charge in [-0.1, -0.05) is 54.2 Å². The molecule has 2 aromatic heterocycles. The molecule has 0 atom stereocenters. The highest BCUT2D eigenvalue weighted by molar-refractivity contribution is 8.01. The molecule has 10 heteroatoms. The Labute approximate surface area is 165 Å². The quantitative estimate of drug-likeness (QED) is 0.566. The minimum Gasteiger partial charge on any atom is -0.408 e. The van der Waals surface area contributed by atoms with Crippen molar-refractivity contribution < 1.29 is 9.21 Å². The van der Waals surface area contributed by atoms with E-state index in [-0.39, 0.29) is 23.6 Å². The van der Waals surface area contributed by atoms with E-state index in [0.717, 1.165) is 5.69 Å². The fraction of sp³-hybridized carbons (Fsp3) is 0.353. The summed E-state index contributed by atoms with van der Waals surface area (Å²) >= 11 is 2.70. The van der Waals surface area contributed by atoms with Crippen molar-refractivity contribution in [1.29, 1.82) is 0 Å². The van der Waals surface area contributed by atoms with E-state index in [4.69, 9.17) is 4.42 Å². The van der Waals surface area contributed by atoms with Crippen molar-refractivity contribution in [3.05, 3.63) is 35.2 Å². The van der Waals surface area contributed by atoms with Gasteiger partial charge >= 0.3 is 6.01 Å². The summed E-state index contributed by atoms with van der Waals surface area (Å²) in [5.41, 5.74) is 3.37. The summed E-state index contributed by atoms with van der Waals surface area (Å²) in [6.07, 6.45) is 0. The predicted molar refractivity (Wildman–Crippen MR) is 107 cm³/mol. The molecule has 0 radical (unpaired) electrons. The molecule has 2 heterocycles. The van der Waals surface area contributed by atoms with Crippen molar-refractivity contribution >= 4 is 45.8 Å². The standard InChI is InChI=1S/C17H20N6O2S2/c1-9(2)14-20-21-15(25-14)19-13(24)8-26-17-23-22-16(27-17)18-12-7-5-6-10(3)11(12)4/h5-7,9H,8H2,1-4H3,(H,18,22)(H,19,21,24). The summed E-state index contributed by atoms with van der Waals surface area (Å²) in [5, 5.41) is 22.5. The molecule has 3 aromatic rings. The van der Waals surface area contributed by atoms with Crippen LogP contribution < -0.4 is 10.6 Å². The fourth-order valence-corrected chi connectivity index (χ4v) is 3.69. The molecular weight excluding hydrogens is 384 g/mol. The number of nitrogens with one attached hydrogen (secondary N) is 2. The predicted octanol–water partition coefficient (Wildman–Crippen LogP) is 4.14. The van der Waals surface area contributed by atoms with E-state index in [9.17, 15) is 4.79 Å². The van der Waals surface area contributed by atoms with Gasteiger partial charge < -0.3 is 9.73 Å². The summed E-state index contributed by atoms with van der Waals surface area (Å²) in [4.78, 5) is 12.0. The van der Waals surface area contributed by atoms with E-state index in [1.54, 1.807) is 0 Å². The molecule has 1 aromatic carbocycles. The maximum Gasteiger partial charge on any atom is 0.322 e. The van der Waals surface area contributed by atoms with Crippen LogP contribution in [0.3, 0.4) is 0 Å². The van der Waals surface area contributed by atoms with Crippen molar-refractivity contribution in [3.8, 4) is 0 Å². The van der Waals surface area contributed by atoms with Gasteiger partial charge in [-0.05, 0) is 31.0 Å². The van der Waals surface area contributed by atoms with Crippen LogP contribution in [0.5, 0.6) is 0 Å². The minimum absolute atomic E-state index is 0.110. The number of hydrogen-bond acceptors (Lipinski definition) is 9. The van der Waals surface area contributed by atoms with Crippen molar-refractivity contribution in [2.45, 2.75) is 38.0 Å². The van der Waals surface area contributed by atoms with Crippen molar-refractivity contribution in [2.24, 2.45) is 0 Å². The third-order valence-electron chi connectivity index (χ3n) is 3.76. The molecule has 0 aliphatic carbocycles. The molecule has 0 saturated heterocycles. The van der Waals surface area contributed by atoms with E-state index >= 15 is 0 Å². The number of carbonyl (C=O) groups is 1. The molecule has 8 nitrogen and oxygen atoms in total. The first-order chi connectivity index (χ1) is 12.9. The number of thioether (sulfide) groups is 1.